The van der Waals surface area contributed by atoms with Crippen LogP contribution < -0.4 is 0 Å². The van der Waals surface area contributed by atoms with Crippen molar-refractivity contribution in [3.63, 3.8) is 0 Å². The van der Waals surface area contributed by atoms with E-state index in [0.29, 0.717) is 5.56 Å². The van der Waals surface area contributed by atoms with E-state index in [2.05, 4.69) is 0 Å². The van der Waals surface area contributed by atoms with Gasteiger partial charge in [0.2, 0.25) is 6.29 Å². The van der Waals surface area contributed by atoms with Gasteiger partial charge in [0.1, 0.15) is 30.2 Å². The smallest absolute Gasteiger partial charge is 0.229 e. The van der Waals surface area contributed by atoms with Crippen LogP contribution in [0.4, 0.5) is 0 Å². The summed E-state index contributed by atoms with van der Waals surface area (Å²) < 4.78 is 10.9. The van der Waals surface area contributed by atoms with E-state index in [1.165, 1.54) is 6.08 Å². The second kappa shape index (κ2) is 6.38. The van der Waals surface area contributed by atoms with Crippen molar-refractivity contribution in [2.75, 3.05) is 6.61 Å². The lowest BCUT2D eigenvalue weighted by Gasteiger charge is -2.40. The standard InChI is InChI=1S/C16H18O7/c17-7-12-13(19)14(20)15(21)16(23-12)22-11-6-9(18)5-8-3-1-2-4-10(8)11/h1-4,6,12-17,19-21H,5,7H2/t12?,13-,14+,15?,16-/m1/s1. The minimum atomic E-state index is -1.53. The van der Waals surface area contributed by atoms with Gasteiger partial charge in [0.05, 0.1) is 6.61 Å². The molecular formula is C16H18O7. The molecule has 1 aromatic rings. The summed E-state index contributed by atoms with van der Waals surface area (Å²) in [5.41, 5.74) is 1.49. The summed E-state index contributed by atoms with van der Waals surface area (Å²) in [6.07, 6.45) is -5.30. The lowest BCUT2D eigenvalue weighted by Crippen LogP contribution is -2.59. The second-order valence-corrected chi connectivity index (χ2v) is 5.62. The maximum absolute atomic E-state index is 11.8. The Morgan fingerprint density at radius 1 is 1.13 bits per heavy atom. The summed E-state index contributed by atoms with van der Waals surface area (Å²) in [7, 11) is 0. The van der Waals surface area contributed by atoms with Crippen LogP contribution in [0, 0.1) is 0 Å². The third-order valence-corrected chi connectivity index (χ3v) is 4.03. The number of ether oxygens (including phenoxy) is 2. The molecule has 1 aliphatic heterocycles. The number of ketones is 1. The lowest BCUT2D eigenvalue weighted by atomic mass is 9.95. The van der Waals surface area contributed by atoms with E-state index in [4.69, 9.17) is 9.47 Å². The van der Waals surface area contributed by atoms with Gasteiger partial charge in [-0.25, -0.2) is 0 Å². The highest BCUT2D eigenvalue weighted by Gasteiger charge is 2.45. The van der Waals surface area contributed by atoms with Crippen molar-refractivity contribution < 1.29 is 34.7 Å². The van der Waals surface area contributed by atoms with Gasteiger partial charge in [-0.1, -0.05) is 24.3 Å². The number of benzene rings is 1. The summed E-state index contributed by atoms with van der Waals surface area (Å²) in [5.74, 6) is 0.0736. The molecule has 0 saturated carbocycles. The van der Waals surface area contributed by atoms with Gasteiger partial charge in [-0.05, 0) is 5.56 Å². The van der Waals surface area contributed by atoms with Gasteiger partial charge in [0, 0.05) is 18.1 Å². The normalized spacial score (nSPS) is 33.8. The molecule has 0 bridgehead atoms. The molecule has 1 aromatic carbocycles. The minimum absolute atomic E-state index is 0.150. The van der Waals surface area contributed by atoms with Gasteiger partial charge in [-0.15, -0.1) is 0 Å². The van der Waals surface area contributed by atoms with Crippen LogP contribution in [0.15, 0.2) is 30.3 Å². The van der Waals surface area contributed by atoms with Gasteiger partial charge in [0.15, 0.2) is 5.78 Å². The SMILES string of the molecule is O=C1C=C(O[C@@H]2OC(CO)[C@@H](O)[C@H](O)C2O)c2ccccc2C1. The average Bonchev–Trinajstić information content (AvgIpc) is 2.55. The number of hydrogen-bond donors (Lipinski definition) is 4. The quantitative estimate of drug-likeness (QED) is 0.562. The highest BCUT2D eigenvalue weighted by atomic mass is 16.7. The fourth-order valence-electron chi connectivity index (χ4n) is 2.76. The van der Waals surface area contributed by atoms with Crippen LogP contribution in [0.1, 0.15) is 11.1 Å². The van der Waals surface area contributed by atoms with E-state index in [-0.39, 0.29) is 18.0 Å². The third kappa shape index (κ3) is 3.01. The monoisotopic (exact) mass is 322 g/mol. The van der Waals surface area contributed by atoms with Gasteiger partial charge < -0.3 is 29.9 Å². The predicted octanol–water partition coefficient (Wildman–Crippen LogP) is -1.03. The van der Waals surface area contributed by atoms with Crippen LogP contribution in [0.3, 0.4) is 0 Å². The zero-order valence-corrected chi connectivity index (χ0v) is 12.2. The van der Waals surface area contributed by atoms with E-state index < -0.39 is 37.3 Å². The molecule has 3 rings (SSSR count). The van der Waals surface area contributed by atoms with Crippen molar-refractivity contribution in [1.82, 2.24) is 0 Å². The molecule has 0 amide bonds. The topological polar surface area (TPSA) is 116 Å². The summed E-state index contributed by atoms with van der Waals surface area (Å²) in [6.45, 7) is -0.542. The summed E-state index contributed by atoms with van der Waals surface area (Å²) >= 11 is 0. The summed E-state index contributed by atoms with van der Waals surface area (Å²) in [6, 6.07) is 7.18. The summed E-state index contributed by atoms with van der Waals surface area (Å²) in [5, 5.41) is 38.7. The largest absolute Gasteiger partial charge is 0.461 e. The number of hydrogen-bond acceptors (Lipinski definition) is 7. The van der Waals surface area contributed by atoms with Crippen molar-refractivity contribution in [2.45, 2.75) is 37.1 Å². The first-order chi connectivity index (χ1) is 11.0. The molecule has 1 fully saturated rings. The van der Waals surface area contributed by atoms with Crippen molar-refractivity contribution >= 4 is 11.5 Å². The number of fused-ring (bicyclic) bond motifs is 1. The maximum atomic E-state index is 11.8. The molecule has 1 saturated heterocycles. The zero-order valence-electron chi connectivity index (χ0n) is 12.2. The van der Waals surface area contributed by atoms with Crippen LogP contribution in [0.2, 0.25) is 0 Å². The fraction of sp³-hybridized carbons (Fsp3) is 0.438. The molecule has 0 spiro atoms. The molecule has 1 heterocycles. The molecule has 5 atom stereocenters. The number of carbonyl (C=O) groups is 1. The number of allylic oxidation sites excluding steroid dienone is 1. The Bertz CT molecular complexity index is 625. The molecule has 7 nitrogen and oxygen atoms in total. The Morgan fingerprint density at radius 2 is 1.87 bits per heavy atom. The number of carbonyl (C=O) groups excluding carboxylic acids is 1. The second-order valence-electron chi connectivity index (χ2n) is 5.62. The number of rotatable bonds is 3. The summed E-state index contributed by atoms with van der Waals surface area (Å²) in [4.78, 5) is 11.8. The van der Waals surface area contributed by atoms with Crippen molar-refractivity contribution in [3.8, 4) is 0 Å². The van der Waals surface area contributed by atoms with Crippen LogP contribution in [-0.2, 0) is 20.7 Å². The van der Waals surface area contributed by atoms with Gasteiger partial charge in [-0.2, -0.15) is 0 Å². The minimum Gasteiger partial charge on any atom is -0.461 e. The van der Waals surface area contributed by atoms with Gasteiger partial charge >= 0.3 is 0 Å². The molecule has 124 valence electrons. The first-order valence-corrected chi connectivity index (χ1v) is 7.31. The number of aliphatic hydroxyl groups is 4. The van der Waals surface area contributed by atoms with E-state index in [9.17, 15) is 25.2 Å². The fourth-order valence-corrected chi connectivity index (χ4v) is 2.76. The highest BCUT2D eigenvalue weighted by Crippen LogP contribution is 2.30. The molecule has 0 radical (unpaired) electrons. The Balaban J connectivity index is 1.84. The van der Waals surface area contributed by atoms with Crippen molar-refractivity contribution in [1.29, 1.82) is 0 Å². The molecule has 0 aromatic heterocycles. The maximum Gasteiger partial charge on any atom is 0.229 e. The molecule has 23 heavy (non-hydrogen) atoms. The van der Waals surface area contributed by atoms with Crippen LogP contribution in [0.5, 0.6) is 0 Å². The average molecular weight is 322 g/mol. The molecule has 7 heteroatoms. The van der Waals surface area contributed by atoms with Crippen molar-refractivity contribution in [3.05, 3.63) is 41.5 Å². The number of aliphatic hydroxyl groups excluding tert-OH is 4. The molecule has 1 aliphatic carbocycles. The lowest BCUT2D eigenvalue weighted by molar-refractivity contribution is -0.284. The molecule has 2 aliphatic rings. The van der Waals surface area contributed by atoms with Crippen LogP contribution in [0.25, 0.3) is 5.76 Å². The molecular weight excluding hydrogens is 304 g/mol. The Kier molecular flexibility index (Phi) is 4.47. The predicted molar refractivity (Wildman–Crippen MR) is 78.0 cm³/mol. The Labute approximate surface area is 132 Å². The first-order valence-electron chi connectivity index (χ1n) is 7.31. The Morgan fingerprint density at radius 3 is 2.61 bits per heavy atom. The van der Waals surface area contributed by atoms with E-state index in [1.54, 1.807) is 18.2 Å². The van der Waals surface area contributed by atoms with Gasteiger partial charge in [0.25, 0.3) is 0 Å². The van der Waals surface area contributed by atoms with Crippen molar-refractivity contribution in [2.24, 2.45) is 0 Å². The van der Waals surface area contributed by atoms with E-state index >= 15 is 0 Å². The third-order valence-electron chi connectivity index (χ3n) is 4.03. The zero-order chi connectivity index (χ0) is 16.6. The van der Waals surface area contributed by atoms with Crippen LogP contribution >= 0.6 is 0 Å². The highest BCUT2D eigenvalue weighted by molar-refractivity contribution is 6.00. The van der Waals surface area contributed by atoms with E-state index in [1.807, 2.05) is 6.07 Å². The molecule has 4 N–H and O–H groups in total. The van der Waals surface area contributed by atoms with E-state index in [0.717, 1.165) is 5.56 Å². The van der Waals surface area contributed by atoms with Gasteiger partial charge in [-0.3, -0.25) is 4.79 Å². The molecule has 2 unspecified atom stereocenters. The first kappa shape index (κ1) is 16.1. The Hall–Kier alpha value is -1.77. The van der Waals surface area contributed by atoms with Crippen LogP contribution in [-0.4, -0.2) is 63.5 Å².